The number of benzene rings is 2. The highest BCUT2D eigenvalue weighted by molar-refractivity contribution is 5.93. The van der Waals surface area contributed by atoms with Crippen LogP contribution < -0.4 is 5.32 Å². The molecule has 1 saturated heterocycles. The maximum atomic E-state index is 12.5. The molecule has 152 valence electrons. The molecule has 0 radical (unpaired) electrons. The van der Waals surface area contributed by atoms with E-state index >= 15 is 0 Å². The maximum Gasteiger partial charge on any atom is 0.238 e. The average Bonchev–Trinajstić information content (AvgIpc) is 3.01. The van der Waals surface area contributed by atoms with Crippen LogP contribution in [0.15, 0.2) is 42.5 Å². The van der Waals surface area contributed by atoms with E-state index in [1.807, 2.05) is 25.1 Å². The summed E-state index contributed by atoms with van der Waals surface area (Å²) in [6.45, 7) is 9.61. The summed E-state index contributed by atoms with van der Waals surface area (Å²) < 4.78 is 2.35. The Kier molecular flexibility index (Phi) is 5.67. The van der Waals surface area contributed by atoms with Crippen LogP contribution in [0.25, 0.3) is 11.0 Å². The van der Waals surface area contributed by atoms with E-state index in [0.29, 0.717) is 12.5 Å². The van der Waals surface area contributed by atoms with Gasteiger partial charge in [0, 0.05) is 12.2 Å². The molecule has 0 spiro atoms. The second kappa shape index (κ2) is 8.37. The number of likely N-dealkylation sites (tertiary alicyclic amines) is 1. The molecule has 4 rings (SSSR count). The van der Waals surface area contributed by atoms with E-state index in [2.05, 4.69) is 57.9 Å². The van der Waals surface area contributed by atoms with Crippen molar-refractivity contribution in [3.63, 3.8) is 0 Å². The molecule has 0 aliphatic carbocycles. The van der Waals surface area contributed by atoms with Gasteiger partial charge in [-0.2, -0.15) is 0 Å². The number of nitrogens with one attached hydrogen (secondary N) is 1. The van der Waals surface area contributed by atoms with Gasteiger partial charge in [-0.15, -0.1) is 0 Å². The summed E-state index contributed by atoms with van der Waals surface area (Å²) in [5.74, 6) is 1.79. The van der Waals surface area contributed by atoms with Crippen LogP contribution in [0.4, 0.5) is 5.69 Å². The lowest BCUT2D eigenvalue weighted by Crippen LogP contribution is -2.40. The number of nitrogens with zero attached hydrogens (tertiary/aromatic N) is 3. The summed E-state index contributed by atoms with van der Waals surface area (Å²) in [4.78, 5) is 19.4. The molecule has 1 aliphatic rings. The number of carbonyl (C=O) groups is 1. The zero-order valence-electron chi connectivity index (χ0n) is 17.6. The minimum absolute atomic E-state index is 0.0758. The molecule has 2 aromatic carbocycles. The van der Waals surface area contributed by atoms with E-state index in [1.165, 1.54) is 11.1 Å². The van der Waals surface area contributed by atoms with Gasteiger partial charge in [-0.3, -0.25) is 9.69 Å². The Morgan fingerprint density at radius 1 is 1.10 bits per heavy atom. The normalized spacial score (nSPS) is 15.7. The van der Waals surface area contributed by atoms with Crippen molar-refractivity contribution in [3.8, 4) is 0 Å². The van der Waals surface area contributed by atoms with Gasteiger partial charge in [-0.05, 0) is 76.4 Å². The number of amides is 1. The lowest BCUT2D eigenvalue weighted by molar-refractivity contribution is -0.117. The van der Waals surface area contributed by atoms with Gasteiger partial charge in [-0.25, -0.2) is 4.98 Å². The molecule has 1 aliphatic heterocycles. The first-order valence-electron chi connectivity index (χ1n) is 10.5. The first-order valence-corrected chi connectivity index (χ1v) is 10.5. The highest BCUT2D eigenvalue weighted by Crippen LogP contribution is 2.23. The van der Waals surface area contributed by atoms with Crippen LogP contribution >= 0.6 is 0 Å². The van der Waals surface area contributed by atoms with Crippen LogP contribution in [-0.2, 0) is 11.3 Å². The van der Waals surface area contributed by atoms with Gasteiger partial charge in [0.2, 0.25) is 5.91 Å². The van der Waals surface area contributed by atoms with Gasteiger partial charge >= 0.3 is 0 Å². The third kappa shape index (κ3) is 4.51. The highest BCUT2D eigenvalue weighted by Gasteiger charge is 2.22. The molecule has 0 saturated carbocycles. The number of hydrogen-bond donors (Lipinski definition) is 1. The molecular weight excluding hydrogens is 360 g/mol. The van der Waals surface area contributed by atoms with Gasteiger partial charge in [0.25, 0.3) is 0 Å². The number of aryl methyl sites for hydroxylation is 3. The second-order valence-corrected chi connectivity index (χ2v) is 8.34. The molecule has 5 nitrogen and oxygen atoms in total. The standard InChI is InChI=1S/C24H30N4O/c1-17-8-9-21(18(2)14-17)26-24(29)16-27-12-10-20(11-13-27)15-28-19(3)25-22-6-4-5-7-23(22)28/h4-9,14,20H,10-13,15-16H2,1-3H3,(H,26,29). The monoisotopic (exact) mass is 390 g/mol. The fourth-order valence-corrected chi connectivity index (χ4v) is 4.36. The van der Waals surface area contributed by atoms with Crippen LogP contribution in [0, 0.1) is 26.7 Å². The summed E-state index contributed by atoms with van der Waals surface area (Å²) in [5.41, 5.74) is 5.53. The zero-order chi connectivity index (χ0) is 20.4. The first kappa shape index (κ1) is 19.6. The van der Waals surface area contributed by atoms with Crippen LogP contribution in [-0.4, -0.2) is 40.0 Å². The number of rotatable bonds is 5. The van der Waals surface area contributed by atoms with E-state index in [4.69, 9.17) is 0 Å². The fraction of sp³-hybridized carbons (Fsp3) is 0.417. The number of hydrogen-bond acceptors (Lipinski definition) is 3. The summed E-state index contributed by atoms with van der Waals surface area (Å²) in [6.07, 6.45) is 2.23. The van der Waals surface area contributed by atoms with Crippen LogP contribution in [0.3, 0.4) is 0 Å². The van der Waals surface area contributed by atoms with Crippen molar-refractivity contribution in [3.05, 3.63) is 59.4 Å². The Morgan fingerprint density at radius 3 is 2.62 bits per heavy atom. The fourth-order valence-electron chi connectivity index (χ4n) is 4.36. The molecule has 3 aromatic rings. The second-order valence-electron chi connectivity index (χ2n) is 8.34. The number of para-hydroxylation sites is 2. The Balaban J connectivity index is 1.30. The Bertz CT molecular complexity index is 1010. The topological polar surface area (TPSA) is 50.2 Å². The number of fused-ring (bicyclic) bond motifs is 1. The van der Waals surface area contributed by atoms with Gasteiger partial charge in [-0.1, -0.05) is 29.8 Å². The third-order valence-electron chi connectivity index (χ3n) is 6.02. The van der Waals surface area contributed by atoms with Gasteiger partial charge in [0.1, 0.15) is 5.82 Å². The number of carbonyl (C=O) groups excluding carboxylic acids is 1. The molecule has 1 fully saturated rings. The maximum absolute atomic E-state index is 12.5. The van der Waals surface area contributed by atoms with Gasteiger partial charge in [0.05, 0.1) is 17.6 Å². The largest absolute Gasteiger partial charge is 0.328 e. The Hall–Kier alpha value is -2.66. The Morgan fingerprint density at radius 2 is 1.86 bits per heavy atom. The number of aromatic nitrogens is 2. The Labute approximate surface area is 172 Å². The molecule has 5 heteroatoms. The van der Waals surface area contributed by atoms with Crippen molar-refractivity contribution in [2.75, 3.05) is 25.0 Å². The number of piperidine rings is 1. The predicted molar refractivity (Wildman–Crippen MR) is 118 cm³/mol. The smallest absolute Gasteiger partial charge is 0.238 e. The molecule has 1 N–H and O–H groups in total. The van der Waals surface area contributed by atoms with Crippen LogP contribution in [0.5, 0.6) is 0 Å². The third-order valence-corrected chi connectivity index (χ3v) is 6.02. The molecule has 1 aromatic heterocycles. The van der Waals surface area contributed by atoms with Crippen molar-refractivity contribution in [2.45, 2.75) is 40.2 Å². The average molecular weight is 391 g/mol. The van der Waals surface area contributed by atoms with Crippen molar-refractivity contribution in [1.82, 2.24) is 14.5 Å². The number of imidazole rings is 1. The zero-order valence-corrected chi connectivity index (χ0v) is 17.6. The minimum atomic E-state index is 0.0758. The summed E-state index contributed by atoms with van der Waals surface area (Å²) >= 11 is 0. The van der Waals surface area contributed by atoms with Crippen molar-refractivity contribution in [2.24, 2.45) is 5.92 Å². The SMILES string of the molecule is Cc1ccc(NC(=O)CN2CCC(Cn3c(C)nc4ccccc43)CC2)c(C)c1. The first-order chi connectivity index (χ1) is 14.0. The summed E-state index contributed by atoms with van der Waals surface area (Å²) in [5, 5.41) is 3.07. The lowest BCUT2D eigenvalue weighted by Gasteiger charge is -2.32. The molecule has 0 unspecified atom stereocenters. The van der Waals surface area contributed by atoms with E-state index in [9.17, 15) is 4.79 Å². The quantitative estimate of drug-likeness (QED) is 0.706. The van der Waals surface area contributed by atoms with Crippen molar-refractivity contribution >= 4 is 22.6 Å². The summed E-state index contributed by atoms with van der Waals surface area (Å²) in [7, 11) is 0. The molecule has 0 atom stereocenters. The molecular formula is C24H30N4O. The summed E-state index contributed by atoms with van der Waals surface area (Å²) in [6, 6.07) is 14.5. The van der Waals surface area contributed by atoms with E-state index in [0.717, 1.165) is 55.1 Å². The molecule has 1 amide bonds. The highest BCUT2D eigenvalue weighted by atomic mass is 16.2. The predicted octanol–water partition coefficient (Wildman–Crippen LogP) is 4.31. The molecule has 29 heavy (non-hydrogen) atoms. The van der Waals surface area contributed by atoms with E-state index in [1.54, 1.807) is 0 Å². The van der Waals surface area contributed by atoms with Crippen LogP contribution in [0.2, 0.25) is 0 Å². The number of anilines is 1. The van der Waals surface area contributed by atoms with Crippen molar-refractivity contribution in [1.29, 1.82) is 0 Å². The van der Waals surface area contributed by atoms with E-state index < -0.39 is 0 Å². The van der Waals surface area contributed by atoms with E-state index in [-0.39, 0.29) is 5.91 Å². The minimum Gasteiger partial charge on any atom is -0.328 e. The lowest BCUT2D eigenvalue weighted by atomic mass is 9.96. The molecule has 0 bridgehead atoms. The van der Waals surface area contributed by atoms with Gasteiger partial charge in [0.15, 0.2) is 0 Å². The van der Waals surface area contributed by atoms with Crippen LogP contribution in [0.1, 0.15) is 29.8 Å². The van der Waals surface area contributed by atoms with Gasteiger partial charge < -0.3 is 9.88 Å². The van der Waals surface area contributed by atoms with Crippen molar-refractivity contribution < 1.29 is 4.79 Å². The molecule has 2 heterocycles.